The van der Waals surface area contributed by atoms with Gasteiger partial charge < -0.3 is 14.2 Å². The first-order valence-corrected chi connectivity index (χ1v) is 14.4. The van der Waals surface area contributed by atoms with Gasteiger partial charge in [-0.05, 0) is 66.8 Å². The Kier molecular flexibility index (Phi) is 9.06. The minimum atomic E-state index is -3.82. The Hall–Kier alpha value is -0.670. The average Bonchev–Trinajstić information content (AvgIpc) is 2.73. The minimum absolute atomic E-state index is 0.151. The summed E-state index contributed by atoms with van der Waals surface area (Å²) in [5.41, 5.74) is 0.603. The summed E-state index contributed by atoms with van der Waals surface area (Å²) in [6.45, 7) is 13.3. The number of aliphatic hydroxyl groups is 1. The van der Waals surface area contributed by atoms with Gasteiger partial charge in [-0.25, -0.2) is 0 Å². The normalized spacial score (nSPS) is 32.9. The summed E-state index contributed by atoms with van der Waals surface area (Å²) in [6, 6.07) is 9.26. The molecule has 1 N–H and O–H groups in total. The lowest BCUT2D eigenvalue weighted by Crippen LogP contribution is -2.37. The van der Waals surface area contributed by atoms with Crippen LogP contribution in [0.5, 0.6) is 0 Å². The molecular formula is C27H45O4P. The molecule has 3 rings (SSSR count). The first-order valence-electron chi connectivity index (χ1n) is 12.8. The van der Waals surface area contributed by atoms with Crippen LogP contribution in [0.15, 0.2) is 30.3 Å². The molecule has 2 fully saturated rings. The Morgan fingerprint density at radius 2 is 1.25 bits per heavy atom. The van der Waals surface area contributed by atoms with Gasteiger partial charge in [-0.3, -0.25) is 4.57 Å². The standard InChI is InChI=1S/C27H45O4P/c1-18(2)23-14-12-20(5)16-25(23)30-32(29,27(28)22-10-8-7-9-11-22)31-26-17-21(6)13-15-24(26)19(3)4/h7-11,18-21,23-28H,12-17H2,1-6H3/t20-,21-,23+,24+,25-,26-,27+/m1/s1. The topological polar surface area (TPSA) is 55.8 Å². The summed E-state index contributed by atoms with van der Waals surface area (Å²) in [5.74, 6) is 1.32. The Bertz CT molecular complexity index is 711. The predicted molar refractivity (Wildman–Crippen MR) is 131 cm³/mol. The van der Waals surface area contributed by atoms with E-state index in [-0.39, 0.29) is 12.2 Å². The van der Waals surface area contributed by atoms with Crippen LogP contribution in [-0.4, -0.2) is 17.3 Å². The fourth-order valence-corrected chi connectivity index (χ4v) is 7.85. The summed E-state index contributed by atoms with van der Waals surface area (Å²) < 4.78 is 27.5. The molecule has 1 aromatic rings. The Morgan fingerprint density at radius 1 is 0.812 bits per heavy atom. The Balaban J connectivity index is 1.92. The zero-order valence-electron chi connectivity index (χ0n) is 20.9. The second-order valence-corrected chi connectivity index (χ2v) is 13.3. The van der Waals surface area contributed by atoms with Crippen LogP contribution in [-0.2, 0) is 13.6 Å². The maximum absolute atomic E-state index is 14.5. The summed E-state index contributed by atoms with van der Waals surface area (Å²) >= 11 is 0. The molecule has 1 aromatic carbocycles. The highest BCUT2D eigenvalue weighted by Gasteiger charge is 2.46. The number of rotatable bonds is 8. The lowest BCUT2D eigenvalue weighted by atomic mass is 9.75. The molecule has 0 unspecified atom stereocenters. The van der Waals surface area contributed by atoms with Crippen molar-refractivity contribution in [3.05, 3.63) is 35.9 Å². The zero-order chi connectivity index (χ0) is 23.5. The lowest BCUT2D eigenvalue weighted by molar-refractivity contribution is -0.0153. The van der Waals surface area contributed by atoms with Crippen LogP contribution < -0.4 is 0 Å². The van der Waals surface area contributed by atoms with E-state index in [1.807, 2.05) is 30.3 Å². The molecule has 0 aliphatic heterocycles. The van der Waals surface area contributed by atoms with Crippen molar-refractivity contribution in [2.45, 2.75) is 98.1 Å². The lowest BCUT2D eigenvalue weighted by Gasteiger charge is -2.42. The molecule has 0 amide bonds. The van der Waals surface area contributed by atoms with Gasteiger partial charge in [0, 0.05) is 0 Å². The first kappa shape index (κ1) is 25.9. The van der Waals surface area contributed by atoms with Gasteiger partial charge in [-0.1, -0.05) is 84.7 Å². The average molecular weight is 465 g/mol. The van der Waals surface area contributed by atoms with Crippen LogP contribution in [0.3, 0.4) is 0 Å². The van der Waals surface area contributed by atoms with Gasteiger partial charge in [0.2, 0.25) is 0 Å². The number of benzene rings is 1. The van der Waals surface area contributed by atoms with Crippen LogP contribution in [0, 0.1) is 35.5 Å². The fourth-order valence-electron chi connectivity index (χ4n) is 5.80. The molecule has 0 radical (unpaired) electrons. The number of aliphatic hydroxyl groups excluding tert-OH is 1. The summed E-state index contributed by atoms with van der Waals surface area (Å²) in [4.78, 5) is 0. The van der Waals surface area contributed by atoms with Crippen LogP contribution in [0.4, 0.5) is 0 Å². The van der Waals surface area contributed by atoms with Crippen LogP contribution in [0.2, 0.25) is 0 Å². The highest BCUT2D eigenvalue weighted by Crippen LogP contribution is 2.64. The molecule has 0 spiro atoms. The van der Waals surface area contributed by atoms with Gasteiger partial charge >= 0.3 is 7.60 Å². The van der Waals surface area contributed by atoms with Crippen molar-refractivity contribution in [1.29, 1.82) is 0 Å². The van der Waals surface area contributed by atoms with Gasteiger partial charge in [0.15, 0.2) is 5.85 Å². The van der Waals surface area contributed by atoms with E-state index in [9.17, 15) is 9.67 Å². The maximum atomic E-state index is 14.5. The van der Waals surface area contributed by atoms with Crippen molar-refractivity contribution in [1.82, 2.24) is 0 Å². The van der Waals surface area contributed by atoms with E-state index in [1.54, 1.807) is 0 Å². The van der Waals surface area contributed by atoms with Gasteiger partial charge in [0.05, 0.1) is 12.2 Å². The molecule has 0 saturated heterocycles. The van der Waals surface area contributed by atoms with E-state index in [0.29, 0.717) is 41.1 Å². The van der Waals surface area contributed by atoms with Crippen LogP contribution in [0.25, 0.3) is 0 Å². The number of hydrogen-bond acceptors (Lipinski definition) is 4. The molecule has 0 aromatic heterocycles. The SMILES string of the molecule is CC(C)[C@@H]1CC[C@@H](C)C[C@H]1OP(=O)(O[C@@H]1C[C@H](C)CC[C@H]1C(C)C)[C@H](O)c1ccccc1. The highest BCUT2D eigenvalue weighted by molar-refractivity contribution is 7.54. The summed E-state index contributed by atoms with van der Waals surface area (Å²) in [6.07, 6.45) is 5.91. The molecule has 32 heavy (non-hydrogen) atoms. The van der Waals surface area contributed by atoms with Crippen molar-refractivity contribution < 1.29 is 18.7 Å². The van der Waals surface area contributed by atoms with Crippen molar-refractivity contribution in [3.63, 3.8) is 0 Å². The van der Waals surface area contributed by atoms with Crippen LogP contribution >= 0.6 is 7.60 Å². The zero-order valence-corrected chi connectivity index (χ0v) is 21.8. The monoisotopic (exact) mass is 464 g/mol. The Morgan fingerprint density at radius 3 is 1.66 bits per heavy atom. The predicted octanol–water partition coefficient (Wildman–Crippen LogP) is 7.83. The van der Waals surface area contributed by atoms with E-state index in [4.69, 9.17) is 9.05 Å². The quantitative estimate of drug-likeness (QED) is 0.398. The largest absolute Gasteiger partial charge is 0.376 e. The third-order valence-electron chi connectivity index (χ3n) is 7.88. The molecule has 4 nitrogen and oxygen atoms in total. The van der Waals surface area contributed by atoms with E-state index in [2.05, 4.69) is 41.5 Å². The molecule has 0 heterocycles. The molecular weight excluding hydrogens is 419 g/mol. The van der Waals surface area contributed by atoms with Crippen molar-refractivity contribution >= 4 is 7.60 Å². The third kappa shape index (κ3) is 6.26. The molecule has 7 atom stereocenters. The molecule has 182 valence electrons. The second kappa shape index (κ2) is 11.2. The van der Waals surface area contributed by atoms with Gasteiger partial charge in [-0.2, -0.15) is 0 Å². The minimum Gasteiger partial charge on any atom is -0.376 e. The Labute approximate surface area is 196 Å². The smallest absolute Gasteiger partial charge is 0.363 e. The molecule has 2 aliphatic rings. The molecule has 0 bridgehead atoms. The third-order valence-corrected chi connectivity index (χ3v) is 9.91. The number of hydrogen-bond donors (Lipinski definition) is 1. The maximum Gasteiger partial charge on any atom is 0.363 e. The van der Waals surface area contributed by atoms with Crippen molar-refractivity contribution in [2.24, 2.45) is 35.5 Å². The van der Waals surface area contributed by atoms with E-state index in [1.165, 1.54) is 12.8 Å². The first-order chi connectivity index (χ1) is 15.1. The van der Waals surface area contributed by atoms with Gasteiger partial charge in [-0.15, -0.1) is 0 Å². The van der Waals surface area contributed by atoms with Crippen molar-refractivity contribution in [3.8, 4) is 0 Å². The van der Waals surface area contributed by atoms with E-state index >= 15 is 0 Å². The van der Waals surface area contributed by atoms with Gasteiger partial charge in [0.25, 0.3) is 0 Å². The summed E-state index contributed by atoms with van der Waals surface area (Å²) in [7, 11) is -3.82. The van der Waals surface area contributed by atoms with E-state index in [0.717, 1.165) is 25.7 Å². The molecule has 5 heteroatoms. The second-order valence-electron chi connectivity index (χ2n) is 11.3. The highest BCUT2D eigenvalue weighted by atomic mass is 31.2. The van der Waals surface area contributed by atoms with Gasteiger partial charge in [0.1, 0.15) is 0 Å². The van der Waals surface area contributed by atoms with E-state index < -0.39 is 13.4 Å². The molecule has 2 saturated carbocycles. The van der Waals surface area contributed by atoms with Crippen LogP contribution in [0.1, 0.15) is 91.5 Å². The fraction of sp³-hybridized carbons (Fsp3) is 0.778. The summed E-state index contributed by atoms with van der Waals surface area (Å²) in [5, 5.41) is 11.4. The van der Waals surface area contributed by atoms with Crippen molar-refractivity contribution in [2.75, 3.05) is 0 Å². The molecule has 2 aliphatic carbocycles.